The Bertz CT molecular complexity index is 1250. The highest BCUT2D eigenvalue weighted by Gasteiger charge is 2.51. The zero-order valence-electron chi connectivity index (χ0n) is 19.0. The van der Waals surface area contributed by atoms with Crippen molar-refractivity contribution in [3.8, 4) is 5.75 Å². The van der Waals surface area contributed by atoms with E-state index in [1.807, 2.05) is 0 Å². The van der Waals surface area contributed by atoms with Gasteiger partial charge in [0.25, 0.3) is 10.0 Å². The van der Waals surface area contributed by atoms with E-state index in [0.29, 0.717) is 18.9 Å². The quantitative estimate of drug-likeness (QED) is 0.494. The van der Waals surface area contributed by atoms with Crippen LogP contribution < -0.4 is 14.4 Å². The summed E-state index contributed by atoms with van der Waals surface area (Å²) in [7, 11) is -4.20. The van der Waals surface area contributed by atoms with Crippen molar-refractivity contribution in [3.63, 3.8) is 0 Å². The standard InChI is InChI=1S/C22H22ClF3N2O7S/c1-21(2,22(24,25)26)35-20(31)27-14-5-9-18-17(11-14)28(12-15(34-18)6-10-19(29)30)36(32,33)16-7-3-13(23)4-8-16/h3-5,7-9,11,15H,6,10,12H2,1-2H3,(H,27,31)(H,29,30). The van der Waals surface area contributed by atoms with Crippen molar-refractivity contribution in [2.45, 2.75) is 49.5 Å². The van der Waals surface area contributed by atoms with E-state index in [4.69, 9.17) is 21.4 Å². The highest BCUT2D eigenvalue weighted by Crippen LogP contribution is 2.40. The number of carbonyl (C=O) groups is 2. The molecule has 196 valence electrons. The number of halogens is 4. The van der Waals surface area contributed by atoms with E-state index in [-0.39, 0.29) is 41.4 Å². The van der Waals surface area contributed by atoms with Gasteiger partial charge in [-0.2, -0.15) is 13.2 Å². The molecule has 0 radical (unpaired) electrons. The van der Waals surface area contributed by atoms with E-state index in [1.54, 1.807) is 0 Å². The van der Waals surface area contributed by atoms with Gasteiger partial charge in [0.05, 0.1) is 17.1 Å². The van der Waals surface area contributed by atoms with Gasteiger partial charge in [-0.25, -0.2) is 13.2 Å². The van der Waals surface area contributed by atoms with Gasteiger partial charge in [0.15, 0.2) is 0 Å². The minimum atomic E-state index is -4.82. The Hall–Kier alpha value is -3.19. The zero-order chi connectivity index (χ0) is 26.9. The molecule has 1 heterocycles. The monoisotopic (exact) mass is 550 g/mol. The maximum Gasteiger partial charge on any atom is 0.427 e. The number of hydrogen-bond acceptors (Lipinski definition) is 6. The number of anilines is 2. The summed E-state index contributed by atoms with van der Waals surface area (Å²) >= 11 is 5.86. The number of fused-ring (bicyclic) bond motifs is 1. The lowest BCUT2D eigenvalue weighted by molar-refractivity contribution is -0.242. The molecule has 1 aliphatic rings. The molecule has 0 saturated heterocycles. The largest absolute Gasteiger partial charge is 0.486 e. The smallest absolute Gasteiger partial charge is 0.427 e. The van der Waals surface area contributed by atoms with Gasteiger partial charge in [-0.1, -0.05) is 11.6 Å². The first-order valence-electron chi connectivity index (χ1n) is 10.5. The molecular formula is C22H22ClF3N2O7S. The second-order valence-electron chi connectivity index (χ2n) is 8.37. The number of carboxylic acids is 1. The number of amides is 1. The van der Waals surface area contributed by atoms with Gasteiger partial charge in [-0.3, -0.25) is 14.4 Å². The number of ether oxygens (including phenoxy) is 2. The van der Waals surface area contributed by atoms with E-state index in [0.717, 1.165) is 4.31 Å². The average Bonchev–Trinajstić information content (AvgIpc) is 2.76. The molecule has 0 aliphatic carbocycles. The fourth-order valence-corrected chi connectivity index (χ4v) is 4.84. The van der Waals surface area contributed by atoms with Crippen molar-refractivity contribution in [1.82, 2.24) is 0 Å². The first-order chi connectivity index (χ1) is 16.6. The Kier molecular flexibility index (Phi) is 7.65. The summed E-state index contributed by atoms with van der Waals surface area (Å²) in [5.74, 6) is -1.01. The maximum absolute atomic E-state index is 13.5. The van der Waals surface area contributed by atoms with E-state index in [9.17, 15) is 31.2 Å². The van der Waals surface area contributed by atoms with E-state index in [1.165, 1.54) is 42.5 Å². The first kappa shape index (κ1) is 27.4. The summed E-state index contributed by atoms with van der Waals surface area (Å²) < 4.78 is 77.2. The van der Waals surface area contributed by atoms with Crippen LogP contribution in [-0.2, 0) is 19.6 Å². The normalized spacial score (nSPS) is 16.1. The SMILES string of the molecule is CC(C)(OC(=O)Nc1ccc2c(c1)N(S(=O)(=O)c1ccc(Cl)cc1)CC(CCC(=O)O)O2)C(F)(F)F. The molecule has 0 bridgehead atoms. The summed E-state index contributed by atoms with van der Waals surface area (Å²) in [6.45, 7) is 1.12. The van der Waals surface area contributed by atoms with Crippen LogP contribution in [0.25, 0.3) is 0 Å². The number of sulfonamides is 1. The number of rotatable bonds is 7. The fourth-order valence-electron chi connectivity index (χ4n) is 3.22. The Labute approximate surface area is 209 Å². The van der Waals surface area contributed by atoms with Crippen LogP contribution >= 0.6 is 11.6 Å². The molecule has 36 heavy (non-hydrogen) atoms. The number of hydrogen-bond donors (Lipinski definition) is 2. The minimum Gasteiger partial charge on any atom is -0.486 e. The Morgan fingerprint density at radius 3 is 2.42 bits per heavy atom. The first-order valence-corrected chi connectivity index (χ1v) is 12.3. The highest BCUT2D eigenvalue weighted by molar-refractivity contribution is 7.92. The van der Waals surface area contributed by atoms with Crippen molar-refractivity contribution in [3.05, 3.63) is 47.5 Å². The number of benzene rings is 2. The second-order valence-corrected chi connectivity index (χ2v) is 10.7. The topological polar surface area (TPSA) is 122 Å². The second kappa shape index (κ2) is 10.1. The number of carbonyl (C=O) groups excluding carboxylic acids is 1. The molecular weight excluding hydrogens is 529 g/mol. The minimum absolute atomic E-state index is 0.00981. The van der Waals surface area contributed by atoms with Crippen molar-refractivity contribution in [1.29, 1.82) is 0 Å². The summed E-state index contributed by atoms with van der Waals surface area (Å²) in [5, 5.41) is 11.5. The van der Waals surface area contributed by atoms with Gasteiger partial charge >= 0.3 is 18.2 Å². The molecule has 0 fully saturated rings. The zero-order valence-corrected chi connectivity index (χ0v) is 20.6. The van der Waals surface area contributed by atoms with Gasteiger partial charge < -0.3 is 14.6 Å². The number of carboxylic acid groups (broad SMARTS) is 1. The van der Waals surface area contributed by atoms with Crippen LogP contribution in [-0.4, -0.2) is 50.0 Å². The Morgan fingerprint density at radius 1 is 1.19 bits per heavy atom. The molecule has 0 aromatic heterocycles. The summed E-state index contributed by atoms with van der Waals surface area (Å²) in [4.78, 5) is 23.0. The Balaban J connectivity index is 1.95. The molecule has 1 aliphatic heterocycles. The van der Waals surface area contributed by atoms with Gasteiger partial charge in [0.1, 0.15) is 11.9 Å². The van der Waals surface area contributed by atoms with Crippen LogP contribution in [0.4, 0.5) is 29.3 Å². The third-order valence-corrected chi connectivity index (χ3v) is 7.30. The molecule has 9 nitrogen and oxygen atoms in total. The van der Waals surface area contributed by atoms with Gasteiger partial charge in [0.2, 0.25) is 5.60 Å². The molecule has 14 heteroatoms. The summed E-state index contributed by atoms with van der Waals surface area (Å²) in [6.07, 6.45) is -7.27. The third kappa shape index (κ3) is 6.13. The van der Waals surface area contributed by atoms with Crippen LogP contribution in [0.1, 0.15) is 26.7 Å². The average molecular weight is 551 g/mol. The molecule has 0 saturated carbocycles. The molecule has 0 spiro atoms. The van der Waals surface area contributed by atoms with Crippen LogP contribution in [0, 0.1) is 0 Å². The van der Waals surface area contributed by atoms with Gasteiger partial charge in [-0.05, 0) is 62.7 Å². The molecule has 3 rings (SSSR count). The third-order valence-electron chi connectivity index (χ3n) is 5.25. The Morgan fingerprint density at radius 2 is 1.83 bits per heavy atom. The number of nitrogens with zero attached hydrogens (tertiary/aromatic N) is 1. The molecule has 2 aromatic rings. The van der Waals surface area contributed by atoms with E-state index in [2.05, 4.69) is 10.1 Å². The van der Waals surface area contributed by atoms with Crippen LogP contribution in [0.5, 0.6) is 5.75 Å². The fraction of sp³-hybridized carbons (Fsp3) is 0.364. The van der Waals surface area contributed by atoms with Gasteiger partial charge in [0, 0.05) is 17.1 Å². The van der Waals surface area contributed by atoms with Gasteiger partial charge in [-0.15, -0.1) is 0 Å². The number of alkyl halides is 3. The predicted octanol–water partition coefficient (Wildman–Crippen LogP) is 5.05. The highest BCUT2D eigenvalue weighted by atomic mass is 35.5. The van der Waals surface area contributed by atoms with E-state index >= 15 is 0 Å². The predicted molar refractivity (Wildman–Crippen MR) is 124 cm³/mol. The van der Waals surface area contributed by atoms with Crippen molar-refractivity contribution in [2.75, 3.05) is 16.2 Å². The van der Waals surface area contributed by atoms with Crippen molar-refractivity contribution < 1.29 is 45.8 Å². The molecule has 1 amide bonds. The van der Waals surface area contributed by atoms with Crippen LogP contribution in [0.15, 0.2) is 47.4 Å². The van der Waals surface area contributed by atoms with Crippen LogP contribution in [0.2, 0.25) is 5.02 Å². The van der Waals surface area contributed by atoms with Crippen LogP contribution in [0.3, 0.4) is 0 Å². The molecule has 2 N–H and O–H groups in total. The van der Waals surface area contributed by atoms with Crippen molar-refractivity contribution in [2.24, 2.45) is 0 Å². The summed E-state index contributed by atoms with van der Waals surface area (Å²) in [5.41, 5.74) is -2.83. The van der Waals surface area contributed by atoms with Crippen molar-refractivity contribution >= 4 is 45.1 Å². The molecule has 1 unspecified atom stereocenters. The molecule has 2 aromatic carbocycles. The van der Waals surface area contributed by atoms with E-state index < -0.39 is 40.0 Å². The lowest BCUT2D eigenvalue weighted by atomic mass is 10.1. The lowest BCUT2D eigenvalue weighted by Crippen LogP contribution is -2.44. The number of aliphatic carboxylic acids is 1. The maximum atomic E-state index is 13.5. The lowest BCUT2D eigenvalue weighted by Gasteiger charge is -2.35. The number of nitrogens with one attached hydrogen (secondary N) is 1. The summed E-state index contributed by atoms with van der Waals surface area (Å²) in [6, 6.07) is 9.15. The molecule has 1 atom stereocenters.